The van der Waals surface area contributed by atoms with Crippen LogP contribution in [0.2, 0.25) is 5.02 Å². The van der Waals surface area contributed by atoms with Crippen molar-refractivity contribution in [1.82, 2.24) is 4.57 Å². The molecule has 0 fully saturated rings. The molecule has 0 aliphatic carbocycles. The number of aromatic nitrogens is 1. The maximum Gasteiger partial charge on any atom is 0.338 e. The van der Waals surface area contributed by atoms with Crippen LogP contribution in [0, 0.1) is 5.82 Å². The van der Waals surface area contributed by atoms with E-state index < -0.39 is 29.4 Å². The third-order valence-electron chi connectivity index (χ3n) is 6.08. The molecule has 0 amide bonds. The Balaban J connectivity index is 1.62. The topological polar surface area (TPSA) is 111 Å². The third-order valence-corrected chi connectivity index (χ3v) is 7.39. The summed E-state index contributed by atoms with van der Waals surface area (Å²) in [5, 5.41) is 9.61. The molecule has 11 heteroatoms. The van der Waals surface area contributed by atoms with Gasteiger partial charge in [0.15, 0.2) is 4.80 Å². The maximum absolute atomic E-state index is 13.7. The molecule has 2 aromatic carbocycles. The lowest BCUT2D eigenvalue weighted by Crippen LogP contribution is -2.39. The van der Waals surface area contributed by atoms with Gasteiger partial charge in [-0.15, -0.1) is 0 Å². The summed E-state index contributed by atoms with van der Waals surface area (Å²) in [5.41, 5.74) is 1.12. The summed E-state index contributed by atoms with van der Waals surface area (Å²) in [7, 11) is 0. The number of carbonyl (C=O) groups excluding carboxylic acids is 1. The molecule has 1 atom stereocenters. The lowest BCUT2D eigenvalue weighted by Gasteiger charge is -2.24. The summed E-state index contributed by atoms with van der Waals surface area (Å²) in [4.78, 5) is 42.8. The fourth-order valence-electron chi connectivity index (χ4n) is 4.30. The first-order valence-electron chi connectivity index (χ1n) is 11.8. The number of rotatable bonds is 6. The quantitative estimate of drug-likeness (QED) is 0.343. The molecule has 0 radical (unpaired) electrons. The van der Waals surface area contributed by atoms with Crippen molar-refractivity contribution in [2.75, 3.05) is 6.61 Å². The van der Waals surface area contributed by atoms with Crippen molar-refractivity contribution in [3.05, 3.63) is 113 Å². The third kappa shape index (κ3) is 4.96. The van der Waals surface area contributed by atoms with Gasteiger partial charge in [0.25, 0.3) is 5.56 Å². The van der Waals surface area contributed by atoms with Gasteiger partial charge in [-0.05, 0) is 61.9 Å². The molecule has 0 spiro atoms. The second-order valence-corrected chi connectivity index (χ2v) is 9.97. The van der Waals surface area contributed by atoms with Crippen LogP contribution in [0.1, 0.15) is 41.6 Å². The number of allylic oxidation sites excluding steroid dienone is 1. The summed E-state index contributed by atoms with van der Waals surface area (Å²) in [5.74, 6) is -1.52. The minimum absolute atomic E-state index is 0.0502. The number of furan rings is 1. The van der Waals surface area contributed by atoms with Crippen LogP contribution in [0.15, 0.2) is 80.1 Å². The lowest BCUT2D eigenvalue weighted by atomic mass is 9.96. The Bertz CT molecular complexity index is 1830. The van der Waals surface area contributed by atoms with Gasteiger partial charge in [0.05, 0.1) is 39.0 Å². The number of ether oxygens (including phenoxy) is 1. The average molecular weight is 567 g/mol. The Morgan fingerprint density at radius 3 is 2.64 bits per heavy atom. The first kappa shape index (κ1) is 26.3. The number of carbonyl (C=O) groups is 2. The molecule has 0 saturated carbocycles. The van der Waals surface area contributed by atoms with Gasteiger partial charge in [-0.25, -0.2) is 19.0 Å². The number of thiazole rings is 1. The Labute approximate surface area is 229 Å². The minimum Gasteiger partial charge on any atom is -0.478 e. The van der Waals surface area contributed by atoms with Gasteiger partial charge in [0, 0.05) is 11.6 Å². The van der Waals surface area contributed by atoms with Crippen molar-refractivity contribution in [1.29, 1.82) is 0 Å². The highest BCUT2D eigenvalue weighted by atomic mass is 35.5. The second-order valence-electron chi connectivity index (χ2n) is 8.56. The van der Waals surface area contributed by atoms with E-state index >= 15 is 0 Å². The number of benzene rings is 2. The van der Waals surface area contributed by atoms with Gasteiger partial charge >= 0.3 is 11.9 Å². The number of esters is 1. The van der Waals surface area contributed by atoms with E-state index in [1.54, 1.807) is 26.0 Å². The number of halogens is 2. The van der Waals surface area contributed by atoms with Crippen LogP contribution in [-0.4, -0.2) is 28.2 Å². The molecule has 4 aromatic rings. The summed E-state index contributed by atoms with van der Waals surface area (Å²) in [6.45, 7) is 3.47. The zero-order valence-electron chi connectivity index (χ0n) is 20.6. The number of aromatic carboxylic acids is 1. The monoisotopic (exact) mass is 566 g/mol. The predicted octanol–water partition coefficient (Wildman–Crippen LogP) is 4.55. The highest BCUT2D eigenvalue weighted by Gasteiger charge is 2.33. The van der Waals surface area contributed by atoms with E-state index in [4.69, 9.17) is 20.8 Å². The molecular weight excluding hydrogens is 547 g/mol. The number of hydrogen-bond acceptors (Lipinski definition) is 7. The fraction of sp³-hybridized carbons (Fsp3) is 0.143. The fourth-order valence-corrected chi connectivity index (χ4v) is 5.54. The standard InChI is InChI=1S/C28H20ClFN2O6S/c1-3-37-27(36)23-14(2)31-28-32(24(23)15-4-7-17(30)8-5-15)25(33)22(39-28)13-18-9-11-21(38-18)19-12-16(26(34)35)6-10-20(19)29/h4-13,24H,3H2,1-2H3,(H,34,35). The smallest absolute Gasteiger partial charge is 0.338 e. The molecule has 0 bridgehead atoms. The van der Waals surface area contributed by atoms with Gasteiger partial charge in [-0.2, -0.15) is 0 Å². The van der Waals surface area contributed by atoms with Crippen molar-refractivity contribution >= 4 is 41.0 Å². The Hall–Kier alpha value is -4.28. The first-order valence-corrected chi connectivity index (χ1v) is 13.0. The maximum atomic E-state index is 13.7. The molecule has 5 rings (SSSR count). The molecule has 1 aliphatic heterocycles. The van der Waals surface area contributed by atoms with E-state index in [2.05, 4.69) is 4.99 Å². The van der Waals surface area contributed by atoms with Gasteiger partial charge < -0.3 is 14.3 Å². The zero-order chi connectivity index (χ0) is 27.8. The van der Waals surface area contributed by atoms with E-state index in [1.165, 1.54) is 53.1 Å². The molecule has 3 heterocycles. The van der Waals surface area contributed by atoms with Crippen LogP contribution in [-0.2, 0) is 9.53 Å². The van der Waals surface area contributed by atoms with Crippen LogP contribution in [0.25, 0.3) is 17.4 Å². The summed E-state index contributed by atoms with van der Waals surface area (Å²) in [6.07, 6.45) is 1.54. The summed E-state index contributed by atoms with van der Waals surface area (Å²) >= 11 is 7.37. The molecule has 8 nitrogen and oxygen atoms in total. The second kappa shape index (κ2) is 10.5. The Kier molecular flexibility index (Phi) is 7.07. The SMILES string of the molecule is CCOC(=O)C1=C(C)N=c2sc(=Cc3ccc(-c4cc(C(=O)O)ccc4Cl)o3)c(=O)n2C1c1ccc(F)cc1. The van der Waals surface area contributed by atoms with Crippen molar-refractivity contribution in [2.24, 2.45) is 4.99 Å². The zero-order valence-corrected chi connectivity index (χ0v) is 22.2. The van der Waals surface area contributed by atoms with Crippen molar-refractivity contribution in [3.63, 3.8) is 0 Å². The minimum atomic E-state index is -1.10. The highest BCUT2D eigenvalue weighted by molar-refractivity contribution is 7.07. The predicted molar refractivity (Wildman–Crippen MR) is 143 cm³/mol. The van der Waals surface area contributed by atoms with E-state index in [0.717, 1.165) is 11.3 Å². The van der Waals surface area contributed by atoms with Gasteiger partial charge in [0.1, 0.15) is 17.3 Å². The molecule has 1 aliphatic rings. The van der Waals surface area contributed by atoms with Crippen LogP contribution >= 0.6 is 22.9 Å². The van der Waals surface area contributed by atoms with Gasteiger partial charge in [-0.1, -0.05) is 35.1 Å². The normalized spacial score (nSPS) is 15.2. The van der Waals surface area contributed by atoms with Gasteiger partial charge in [-0.3, -0.25) is 9.36 Å². The van der Waals surface area contributed by atoms with Crippen LogP contribution in [0.3, 0.4) is 0 Å². The van der Waals surface area contributed by atoms with Crippen LogP contribution in [0.4, 0.5) is 4.39 Å². The molecule has 1 N–H and O–H groups in total. The number of hydrogen-bond donors (Lipinski definition) is 1. The molecule has 0 saturated heterocycles. The first-order chi connectivity index (χ1) is 18.7. The number of nitrogens with zero attached hydrogens (tertiary/aromatic N) is 2. The van der Waals surface area contributed by atoms with Crippen molar-refractivity contribution in [2.45, 2.75) is 19.9 Å². The number of carboxylic acids is 1. The number of carboxylic acid groups (broad SMARTS) is 1. The summed E-state index contributed by atoms with van der Waals surface area (Å²) in [6, 6.07) is 12.2. The van der Waals surface area contributed by atoms with Crippen molar-refractivity contribution in [3.8, 4) is 11.3 Å². The number of fused-ring (bicyclic) bond motifs is 1. The van der Waals surface area contributed by atoms with Gasteiger partial charge in [0.2, 0.25) is 0 Å². The Morgan fingerprint density at radius 2 is 1.95 bits per heavy atom. The van der Waals surface area contributed by atoms with E-state index in [-0.39, 0.29) is 22.3 Å². The largest absolute Gasteiger partial charge is 0.478 e. The highest BCUT2D eigenvalue weighted by Crippen LogP contribution is 2.32. The van der Waals surface area contributed by atoms with Crippen LogP contribution in [0.5, 0.6) is 0 Å². The molecule has 1 unspecified atom stereocenters. The molecular formula is C28H20ClFN2O6S. The Morgan fingerprint density at radius 1 is 1.21 bits per heavy atom. The van der Waals surface area contributed by atoms with E-state index in [9.17, 15) is 23.9 Å². The summed E-state index contributed by atoms with van der Waals surface area (Å²) < 4.78 is 26.5. The lowest BCUT2D eigenvalue weighted by molar-refractivity contribution is -0.139. The van der Waals surface area contributed by atoms with E-state index in [0.29, 0.717) is 38.2 Å². The molecule has 39 heavy (non-hydrogen) atoms. The van der Waals surface area contributed by atoms with Crippen molar-refractivity contribution < 1.29 is 28.2 Å². The average Bonchev–Trinajstić information content (AvgIpc) is 3.48. The molecule has 2 aromatic heterocycles. The van der Waals surface area contributed by atoms with Crippen LogP contribution < -0.4 is 14.9 Å². The molecule has 198 valence electrons. The van der Waals surface area contributed by atoms with E-state index in [1.807, 2.05) is 0 Å².